The van der Waals surface area contributed by atoms with Crippen LogP contribution in [0.4, 0.5) is 0 Å². The minimum Gasteiger partial charge on any atom is -0.297 e. The van der Waals surface area contributed by atoms with Crippen molar-refractivity contribution < 1.29 is 4.79 Å². The smallest absolute Gasteiger partial charge is 0.157 e. The second-order valence-corrected chi connectivity index (χ2v) is 6.28. The van der Waals surface area contributed by atoms with Crippen LogP contribution in [0.2, 0.25) is 0 Å². The van der Waals surface area contributed by atoms with Gasteiger partial charge in [-0.15, -0.1) is 0 Å². The molecule has 2 aliphatic rings. The minimum atomic E-state index is -0.0128. The first-order valence-electron chi connectivity index (χ1n) is 7.54. The lowest BCUT2D eigenvalue weighted by Gasteiger charge is -2.32. The molecule has 1 aromatic carbocycles. The lowest BCUT2D eigenvalue weighted by molar-refractivity contribution is -0.128. The van der Waals surface area contributed by atoms with Crippen LogP contribution in [0.15, 0.2) is 30.3 Å². The highest BCUT2D eigenvalue weighted by Gasteiger charge is 2.45. The Morgan fingerprint density at radius 3 is 2.05 bits per heavy atom. The third kappa shape index (κ3) is 2.23. The molecule has 2 bridgehead atoms. The molecular formula is C17H23NO. The summed E-state index contributed by atoms with van der Waals surface area (Å²) in [4.78, 5) is 15.2. The molecule has 2 aliphatic heterocycles. The number of hydrogen-bond acceptors (Lipinski definition) is 2. The van der Waals surface area contributed by atoms with Crippen molar-refractivity contribution in [3.8, 4) is 0 Å². The second kappa shape index (κ2) is 5.09. The molecule has 0 amide bonds. The zero-order valence-electron chi connectivity index (χ0n) is 11.9. The Kier molecular flexibility index (Phi) is 3.44. The van der Waals surface area contributed by atoms with Gasteiger partial charge in [-0.25, -0.2) is 0 Å². The lowest BCUT2D eigenvalue weighted by atomic mass is 9.93. The average molecular weight is 257 g/mol. The van der Waals surface area contributed by atoms with E-state index >= 15 is 0 Å². The number of fused-ring (bicyclic) bond motifs is 2. The van der Waals surface area contributed by atoms with Crippen molar-refractivity contribution in [2.24, 2.45) is 5.92 Å². The van der Waals surface area contributed by atoms with Gasteiger partial charge in [0.1, 0.15) is 0 Å². The van der Waals surface area contributed by atoms with Crippen molar-refractivity contribution >= 4 is 5.78 Å². The van der Waals surface area contributed by atoms with Crippen LogP contribution in [0, 0.1) is 5.92 Å². The number of Topliss-reactive ketones (excluding diaryl/α,β-unsaturated/α-hetero) is 1. The van der Waals surface area contributed by atoms with E-state index in [1.54, 1.807) is 0 Å². The molecular weight excluding hydrogens is 234 g/mol. The molecule has 19 heavy (non-hydrogen) atoms. The number of benzene rings is 1. The molecule has 2 heteroatoms. The Labute approximate surface area is 115 Å². The number of carbonyl (C=O) groups excluding carboxylic acids is 1. The summed E-state index contributed by atoms with van der Waals surface area (Å²) in [5.41, 5.74) is 1.18. The van der Waals surface area contributed by atoms with Crippen LogP contribution in [0.25, 0.3) is 0 Å². The Bertz CT molecular complexity index is 434. The maximum absolute atomic E-state index is 12.7. The van der Waals surface area contributed by atoms with E-state index in [1.807, 2.05) is 32.0 Å². The standard InChI is InChI=1S/C17H23NO/c1-12(2)17(19)16(13-6-4-3-5-7-13)18-14-8-9-15(18)11-10-14/h3-7,12,14-16H,8-11H2,1-2H3. The quantitative estimate of drug-likeness (QED) is 0.821. The first-order chi connectivity index (χ1) is 9.18. The predicted molar refractivity (Wildman–Crippen MR) is 76.9 cm³/mol. The molecule has 3 rings (SSSR count). The molecule has 1 aromatic rings. The Morgan fingerprint density at radius 2 is 1.58 bits per heavy atom. The SMILES string of the molecule is CC(C)C(=O)C(c1ccccc1)N1C2CCC1CC2. The van der Waals surface area contributed by atoms with Crippen molar-refractivity contribution in [1.82, 2.24) is 4.90 Å². The molecule has 0 saturated carbocycles. The lowest BCUT2D eigenvalue weighted by Crippen LogP contribution is -2.39. The van der Waals surface area contributed by atoms with Gasteiger partial charge >= 0.3 is 0 Å². The van der Waals surface area contributed by atoms with Crippen LogP contribution >= 0.6 is 0 Å². The molecule has 0 radical (unpaired) electrons. The summed E-state index contributed by atoms with van der Waals surface area (Å²) in [5.74, 6) is 0.482. The topological polar surface area (TPSA) is 20.3 Å². The second-order valence-electron chi connectivity index (χ2n) is 6.28. The van der Waals surface area contributed by atoms with Crippen molar-refractivity contribution in [3.63, 3.8) is 0 Å². The highest BCUT2D eigenvalue weighted by Crippen LogP contribution is 2.44. The monoisotopic (exact) mass is 257 g/mol. The van der Waals surface area contributed by atoms with E-state index in [-0.39, 0.29) is 12.0 Å². The van der Waals surface area contributed by atoms with E-state index in [0.717, 1.165) is 0 Å². The summed E-state index contributed by atoms with van der Waals surface area (Å²) in [6, 6.07) is 11.6. The molecule has 2 heterocycles. The fraction of sp³-hybridized carbons (Fsp3) is 0.588. The highest BCUT2D eigenvalue weighted by atomic mass is 16.1. The number of nitrogens with zero attached hydrogens (tertiary/aromatic N) is 1. The predicted octanol–water partition coefficient (Wildman–Crippen LogP) is 3.58. The van der Waals surface area contributed by atoms with Crippen molar-refractivity contribution in [1.29, 1.82) is 0 Å². The fourth-order valence-electron chi connectivity index (χ4n) is 3.81. The third-order valence-corrected chi connectivity index (χ3v) is 4.76. The van der Waals surface area contributed by atoms with E-state index in [0.29, 0.717) is 17.9 Å². The maximum Gasteiger partial charge on any atom is 0.157 e. The molecule has 0 aromatic heterocycles. The number of carbonyl (C=O) groups is 1. The van der Waals surface area contributed by atoms with Crippen molar-refractivity contribution in [3.05, 3.63) is 35.9 Å². The molecule has 1 atom stereocenters. The summed E-state index contributed by atoms with van der Waals surface area (Å²) in [6.07, 6.45) is 5.11. The summed E-state index contributed by atoms with van der Waals surface area (Å²) in [7, 11) is 0. The normalized spacial score (nSPS) is 27.9. The van der Waals surface area contributed by atoms with E-state index < -0.39 is 0 Å². The van der Waals surface area contributed by atoms with Crippen LogP contribution in [-0.2, 0) is 4.79 Å². The first kappa shape index (κ1) is 12.9. The van der Waals surface area contributed by atoms with Crippen molar-refractivity contribution in [2.75, 3.05) is 0 Å². The summed E-state index contributed by atoms with van der Waals surface area (Å²) >= 11 is 0. The van der Waals surface area contributed by atoms with Gasteiger partial charge in [0, 0.05) is 18.0 Å². The van der Waals surface area contributed by atoms with Crippen LogP contribution in [0.1, 0.15) is 51.1 Å². The summed E-state index contributed by atoms with van der Waals surface area (Å²) < 4.78 is 0. The Hall–Kier alpha value is -1.15. The van der Waals surface area contributed by atoms with Gasteiger partial charge < -0.3 is 0 Å². The van der Waals surface area contributed by atoms with Crippen LogP contribution in [0.5, 0.6) is 0 Å². The van der Waals surface area contributed by atoms with Gasteiger partial charge in [0.2, 0.25) is 0 Å². The molecule has 2 fully saturated rings. The van der Waals surface area contributed by atoms with Crippen LogP contribution in [0.3, 0.4) is 0 Å². The Balaban J connectivity index is 1.95. The van der Waals surface area contributed by atoms with Crippen LogP contribution < -0.4 is 0 Å². The van der Waals surface area contributed by atoms with E-state index in [4.69, 9.17) is 0 Å². The highest BCUT2D eigenvalue weighted by molar-refractivity contribution is 5.87. The number of hydrogen-bond donors (Lipinski definition) is 0. The molecule has 2 nitrogen and oxygen atoms in total. The summed E-state index contributed by atoms with van der Waals surface area (Å²) in [6.45, 7) is 4.05. The minimum absolute atomic E-state index is 0.0128. The molecule has 0 N–H and O–H groups in total. The molecule has 1 unspecified atom stereocenters. The summed E-state index contributed by atoms with van der Waals surface area (Å²) in [5, 5.41) is 0. The number of ketones is 1. The van der Waals surface area contributed by atoms with Gasteiger partial charge in [0.05, 0.1) is 6.04 Å². The fourth-order valence-corrected chi connectivity index (χ4v) is 3.81. The van der Waals surface area contributed by atoms with Gasteiger partial charge in [0.15, 0.2) is 5.78 Å². The maximum atomic E-state index is 12.7. The van der Waals surface area contributed by atoms with Gasteiger partial charge in [-0.2, -0.15) is 0 Å². The van der Waals surface area contributed by atoms with Gasteiger partial charge in [-0.3, -0.25) is 9.69 Å². The molecule has 102 valence electrons. The zero-order valence-corrected chi connectivity index (χ0v) is 11.9. The van der Waals surface area contributed by atoms with Crippen molar-refractivity contribution in [2.45, 2.75) is 57.7 Å². The van der Waals surface area contributed by atoms with Gasteiger partial charge in [-0.1, -0.05) is 44.2 Å². The van der Waals surface area contributed by atoms with E-state index in [1.165, 1.54) is 31.2 Å². The van der Waals surface area contributed by atoms with Crippen LogP contribution in [-0.4, -0.2) is 22.8 Å². The zero-order chi connectivity index (χ0) is 13.4. The average Bonchev–Trinajstić information content (AvgIpc) is 3.00. The van der Waals surface area contributed by atoms with Gasteiger partial charge in [-0.05, 0) is 31.2 Å². The largest absolute Gasteiger partial charge is 0.297 e. The molecule has 0 spiro atoms. The first-order valence-corrected chi connectivity index (χ1v) is 7.54. The number of rotatable bonds is 4. The van der Waals surface area contributed by atoms with E-state index in [9.17, 15) is 4.79 Å². The Morgan fingerprint density at radius 1 is 1.05 bits per heavy atom. The molecule has 2 saturated heterocycles. The van der Waals surface area contributed by atoms with Gasteiger partial charge in [0.25, 0.3) is 0 Å². The molecule has 0 aliphatic carbocycles. The van der Waals surface area contributed by atoms with E-state index in [2.05, 4.69) is 17.0 Å². The third-order valence-electron chi connectivity index (χ3n) is 4.76.